The Morgan fingerprint density at radius 2 is 2.31 bits per heavy atom. The van der Waals surface area contributed by atoms with E-state index in [2.05, 4.69) is 11.2 Å². The first-order valence-corrected chi connectivity index (χ1v) is 4.68. The third-order valence-electron chi connectivity index (χ3n) is 1.85. The van der Waals surface area contributed by atoms with E-state index in [0.717, 1.165) is 25.8 Å². The number of rotatable bonds is 7. The van der Waals surface area contributed by atoms with Crippen LogP contribution >= 0.6 is 0 Å². The summed E-state index contributed by atoms with van der Waals surface area (Å²) in [6.07, 6.45) is 8.45. The average Bonchev–Trinajstić information content (AvgIpc) is 2.11. The molecular weight excluding hydrogens is 164 g/mol. The second kappa shape index (κ2) is 7.63. The van der Waals surface area contributed by atoms with Crippen molar-refractivity contribution in [1.29, 1.82) is 0 Å². The average molecular weight is 182 g/mol. The summed E-state index contributed by atoms with van der Waals surface area (Å²) in [6.45, 7) is 2.90. The van der Waals surface area contributed by atoms with Crippen LogP contribution in [0.15, 0.2) is 0 Å². The second-order valence-corrected chi connectivity index (χ2v) is 3.01. The van der Waals surface area contributed by atoms with Gasteiger partial charge in [0.25, 0.3) is 0 Å². The number of carbonyl (C=O) groups excluding carboxylic acids is 1. The highest BCUT2D eigenvalue weighted by Gasteiger charge is 1.99. The van der Waals surface area contributed by atoms with Crippen LogP contribution in [-0.2, 0) is 4.79 Å². The summed E-state index contributed by atoms with van der Waals surface area (Å²) in [4.78, 5) is 10.4. The molecule has 0 aromatic rings. The van der Waals surface area contributed by atoms with Gasteiger partial charge in [-0.2, -0.15) is 0 Å². The molecule has 0 saturated heterocycles. The van der Waals surface area contributed by atoms with Crippen molar-refractivity contribution in [2.24, 2.45) is 5.73 Å². The number of amides is 1. The fourth-order valence-corrected chi connectivity index (χ4v) is 1.02. The van der Waals surface area contributed by atoms with Gasteiger partial charge in [-0.3, -0.25) is 4.79 Å². The number of carbonyl (C=O) groups is 1. The van der Waals surface area contributed by atoms with Crippen molar-refractivity contribution in [1.82, 2.24) is 5.32 Å². The van der Waals surface area contributed by atoms with Crippen molar-refractivity contribution >= 4 is 5.91 Å². The van der Waals surface area contributed by atoms with Crippen LogP contribution in [0.5, 0.6) is 0 Å². The number of hydrogen-bond acceptors (Lipinski definition) is 2. The Labute approximate surface area is 80.1 Å². The van der Waals surface area contributed by atoms with Crippen molar-refractivity contribution in [3.8, 4) is 12.3 Å². The predicted molar refractivity (Wildman–Crippen MR) is 54.0 cm³/mol. The fraction of sp³-hybridized carbons (Fsp3) is 0.700. The first kappa shape index (κ1) is 12.0. The number of nitrogens with two attached hydrogens (primary N) is 1. The van der Waals surface area contributed by atoms with E-state index in [1.54, 1.807) is 0 Å². The van der Waals surface area contributed by atoms with Gasteiger partial charge in [0.1, 0.15) is 0 Å². The van der Waals surface area contributed by atoms with Gasteiger partial charge in [0, 0.05) is 6.42 Å². The first-order valence-electron chi connectivity index (χ1n) is 4.68. The van der Waals surface area contributed by atoms with Crippen LogP contribution in [-0.4, -0.2) is 18.5 Å². The van der Waals surface area contributed by atoms with Crippen molar-refractivity contribution < 1.29 is 4.79 Å². The summed E-state index contributed by atoms with van der Waals surface area (Å²) in [7, 11) is 0. The summed E-state index contributed by atoms with van der Waals surface area (Å²) in [6, 6.07) is 0.161. The molecule has 1 unspecified atom stereocenters. The lowest BCUT2D eigenvalue weighted by Gasteiger charge is -2.09. The molecule has 3 nitrogen and oxygen atoms in total. The highest BCUT2D eigenvalue weighted by molar-refractivity contribution is 5.73. The summed E-state index contributed by atoms with van der Waals surface area (Å²) in [5.41, 5.74) is 5.00. The van der Waals surface area contributed by atoms with Gasteiger partial charge in [-0.1, -0.05) is 12.8 Å². The third kappa shape index (κ3) is 7.35. The predicted octanol–water partition coefficient (Wildman–Crippen LogP) is 0.643. The van der Waals surface area contributed by atoms with Crippen LogP contribution in [0, 0.1) is 12.3 Å². The SMILES string of the molecule is C#CC(CC)NCCCCC(N)=O. The van der Waals surface area contributed by atoms with E-state index >= 15 is 0 Å². The van der Waals surface area contributed by atoms with E-state index in [1.165, 1.54) is 0 Å². The molecule has 0 aliphatic carbocycles. The highest BCUT2D eigenvalue weighted by Crippen LogP contribution is 1.94. The number of terminal acetylenes is 1. The summed E-state index contributed by atoms with van der Waals surface area (Å²) < 4.78 is 0. The van der Waals surface area contributed by atoms with Crippen LogP contribution in [0.4, 0.5) is 0 Å². The molecular formula is C10H18N2O. The van der Waals surface area contributed by atoms with E-state index in [4.69, 9.17) is 12.2 Å². The molecule has 0 radical (unpaired) electrons. The number of nitrogens with one attached hydrogen (secondary N) is 1. The molecule has 0 fully saturated rings. The van der Waals surface area contributed by atoms with E-state index in [9.17, 15) is 4.79 Å². The topological polar surface area (TPSA) is 55.1 Å². The van der Waals surface area contributed by atoms with Gasteiger partial charge in [-0.15, -0.1) is 6.42 Å². The van der Waals surface area contributed by atoms with Crippen LogP contribution in [0.25, 0.3) is 0 Å². The summed E-state index contributed by atoms with van der Waals surface area (Å²) in [5.74, 6) is 2.42. The molecule has 0 aliphatic rings. The van der Waals surface area contributed by atoms with Gasteiger partial charge in [0.2, 0.25) is 5.91 Å². The number of hydrogen-bond donors (Lipinski definition) is 2. The lowest BCUT2D eigenvalue weighted by atomic mass is 10.2. The monoisotopic (exact) mass is 182 g/mol. The molecule has 0 aliphatic heterocycles. The number of unbranched alkanes of at least 4 members (excludes halogenated alkanes) is 1. The molecule has 0 spiro atoms. The van der Waals surface area contributed by atoms with E-state index in [1.807, 2.05) is 6.92 Å². The van der Waals surface area contributed by atoms with Crippen LogP contribution in [0.2, 0.25) is 0 Å². The lowest BCUT2D eigenvalue weighted by molar-refractivity contribution is -0.118. The van der Waals surface area contributed by atoms with Gasteiger partial charge >= 0.3 is 0 Å². The number of primary amides is 1. The third-order valence-corrected chi connectivity index (χ3v) is 1.85. The molecule has 0 saturated carbocycles. The first-order chi connectivity index (χ1) is 6.20. The Morgan fingerprint density at radius 3 is 2.77 bits per heavy atom. The van der Waals surface area contributed by atoms with Crippen molar-refractivity contribution in [3.63, 3.8) is 0 Å². The Morgan fingerprint density at radius 1 is 1.62 bits per heavy atom. The Hall–Kier alpha value is -1.01. The Balaban J connectivity index is 3.25. The second-order valence-electron chi connectivity index (χ2n) is 3.01. The molecule has 0 heterocycles. The standard InChI is InChI=1S/C10H18N2O/c1-3-9(4-2)12-8-6-5-7-10(11)13/h1,9,12H,4-8H2,2H3,(H2,11,13). The minimum atomic E-state index is -0.232. The normalized spacial score (nSPS) is 12.0. The van der Waals surface area contributed by atoms with Gasteiger partial charge in [0.15, 0.2) is 0 Å². The highest BCUT2D eigenvalue weighted by atomic mass is 16.1. The van der Waals surface area contributed by atoms with Crippen molar-refractivity contribution in [2.45, 2.75) is 38.6 Å². The summed E-state index contributed by atoms with van der Waals surface area (Å²) >= 11 is 0. The lowest BCUT2D eigenvalue weighted by Crippen LogP contribution is -2.27. The molecule has 0 rings (SSSR count). The zero-order valence-corrected chi connectivity index (χ0v) is 8.18. The van der Waals surface area contributed by atoms with E-state index in [0.29, 0.717) is 6.42 Å². The smallest absolute Gasteiger partial charge is 0.217 e. The molecule has 0 aromatic heterocycles. The van der Waals surface area contributed by atoms with Gasteiger partial charge in [-0.25, -0.2) is 0 Å². The molecule has 3 N–H and O–H groups in total. The summed E-state index contributed by atoms with van der Waals surface area (Å²) in [5, 5.41) is 3.20. The molecule has 3 heteroatoms. The maximum absolute atomic E-state index is 10.4. The van der Waals surface area contributed by atoms with Crippen molar-refractivity contribution in [2.75, 3.05) is 6.54 Å². The molecule has 74 valence electrons. The Bertz CT molecular complexity index is 184. The molecule has 1 amide bonds. The Kier molecular flexibility index (Phi) is 7.04. The minimum absolute atomic E-state index is 0.161. The van der Waals surface area contributed by atoms with Gasteiger partial charge in [-0.05, 0) is 25.8 Å². The largest absolute Gasteiger partial charge is 0.370 e. The molecule has 1 atom stereocenters. The minimum Gasteiger partial charge on any atom is -0.370 e. The van der Waals surface area contributed by atoms with Gasteiger partial charge < -0.3 is 11.1 Å². The molecule has 13 heavy (non-hydrogen) atoms. The fourth-order valence-electron chi connectivity index (χ4n) is 1.02. The molecule has 0 aromatic carbocycles. The maximum Gasteiger partial charge on any atom is 0.217 e. The quantitative estimate of drug-likeness (QED) is 0.448. The van der Waals surface area contributed by atoms with E-state index < -0.39 is 0 Å². The van der Waals surface area contributed by atoms with Crippen LogP contribution in [0.3, 0.4) is 0 Å². The van der Waals surface area contributed by atoms with Gasteiger partial charge in [0.05, 0.1) is 6.04 Å². The zero-order valence-electron chi connectivity index (χ0n) is 8.18. The zero-order chi connectivity index (χ0) is 10.1. The molecule has 0 bridgehead atoms. The van der Waals surface area contributed by atoms with Crippen LogP contribution in [0.1, 0.15) is 32.6 Å². The van der Waals surface area contributed by atoms with Crippen LogP contribution < -0.4 is 11.1 Å². The van der Waals surface area contributed by atoms with Crippen molar-refractivity contribution in [3.05, 3.63) is 0 Å². The maximum atomic E-state index is 10.4. The van der Waals surface area contributed by atoms with E-state index in [-0.39, 0.29) is 11.9 Å².